The van der Waals surface area contributed by atoms with Crippen LogP contribution >= 0.6 is 11.6 Å². The van der Waals surface area contributed by atoms with Crippen LogP contribution in [0.25, 0.3) is 0 Å². The van der Waals surface area contributed by atoms with E-state index < -0.39 is 5.60 Å². The molecule has 0 aromatic heterocycles. The first kappa shape index (κ1) is 21.9. The molecule has 3 atom stereocenters. The van der Waals surface area contributed by atoms with Crippen LogP contribution in [0.4, 0.5) is 0 Å². The highest BCUT2D eigenvalue weighted by molar-refractivity contribution is 6.30. The second-order valence-electron chi connectivity index (χ2n) is 8.36. The van der Waals surface area contributed by atoms with Crippen molar-refractivity contribution in [2.24, 2.45) is 11.8 Å². The van der Waals surface area contributed by atoms with Gasteiger partial charge in [0.2, 0.25) is 0 Å². The summed E-state index contributed by atoms with van der Waals surface area (Å²) in [5, 5.41) is 12.3. The molecule has 0 spiro atoms. The van der Waals surface area contributed by atoms with Crippen molar-refractivity contribution in [3.63, 3.8) is 0 Å². The topological polar surface area (TPSA) is 29.5 Å². The van der Waals surface area contributed by atoms with E-state index in [9.17, 15) is 5.11 Å². The summed E-state index contributed by atoms with van der Waals surface area (Å²) in [7, 11) is 1.69. The van der Waals surface area contributed by atoms with Crippen LogP contribution < -0.4 is 4.74 Å². The summed E-state index contributed by atoms with van der Waals surface area (Å²) < 4.78 is 5.28. The molecule has 0 aliphatic heterocycles. The minimum atomic E-state index is -0.792. The van der Waals surface area contributed by atoms with Crippen molar-refractivity contribution in [1.82, 2.24) is 0 Å². The Morgan fingerprint density at radius 2 is 1.90 bits per heavy atom. The summed E-state index contributed by atoms with van der Waals surface area (Å²) in [6, 6.07) is 14.4. The molecule has 1 aliphatic rings. The van der Waals surface area contributed by atoms with Gasteiger partial charge in [-0.25, -0.2) is 0 Å². The second kappa shape index (κ2) is 9.36. The average Bonchev–Trinajstić information content (AvgIpc) is 3.58. The van der Waals surface area contributed by atoms with Crippen LogP contribution in [0.1, 0.15) is 62.6 Å². The highest BCUT2D eigenvalue weighted by atomic mass is 35.5. The van der Waals surface area contributed by atoms with Gasteiger partial charge in [-0.2, -0.15) is 0 Å². The zero-order valence-corrected chi connectivity index (χ0v) is 18.7. The number of hydrogen-bond acceptors (Lipinski definition) is 2. The zero-order valence-electron chi connectivity index (χ0n) is 18.0. The average molecular weight is 413 g/mol. The van der Waals surface area contributed by atoms with Crippen LogP contribution in [0.3, 0.4) is 0 Å². The Morgan fingerprint density at radius 3 is 2.45 bits per heavy atom. The molecule has 1 N–H and O–H groups in total. The number of halogens is 1. The van der Waals surface area contributed by atoms with E-state index in [2.05, 4.69) is 51.1 Å². The van der Waals surface area contributed by atoms with Gasteiger partial charge in [-0.15, -0.1) is 0 Å². The third-order valence-corrected chi connectivity index (χ3v) is 6.60. The lowest BCUT2D eigenvalue weighted by Crippen LogP contribution is -2.30. The van der Waals surface area contributed by atoms with E-state index in [-0.39, 0.29) is 5.92 Å². The smallest absolute Gasteiger partial charge is 0.118 e. The molecule has 29 heavy (non-hydrogen) atoms. The molecular weight excluding hydrogens is 380 g/mol. The number of hydrogen-bond donors (Lipinski definition) is 1. The van der Waals surface area contributed by atoms with Crippen LogP contribution in [-0.4, -0.2) is 12.2 Å². The molecule has 3 heteroatoms. The molecule has 2 aromatic carbocycles. The van der Waals surface area contributed by atoms with Crippen molar-refractivity contribution >= 4 is 11.6 Å². The standard InChI is InChI=1S/C26H33ClO2/c1-5-7-23(18(3)16-19-8-13-22(29-4)14-9-19)24-15-12-21(27)17-25(24)26(28,6-2)20-10-11-20/h5,7-9,12-15,17-18,20,23,28H,6,10-11,16H2,1-4H3. The molecule has 0 radical (unpaired) electrons. The number of methoxy groups -OCH3 is 1. The summed E-state index contributed by atoms with van der Waals surface area (Å²) in [5.41, 5.74) is 2.71. The van der Waals surface area contributed by atoms with Crippen LogP contribution in [-0.2, 0) is 12.0 Å². The Hall–Kier alpha value is -1.77. The lowest BCUT2D eigenvalue weighted by atomic mass is 9.75. The second-order valence-corrected chi connectivity index (χ2v) is 8.80. The van der Waals surface area contributed by atoms with Crippen LogP contribution in [0.5, 0.6) is 5.75 Å². The molecule has 2 nitrogen and oxygen atoms in total. The van der Waals surface area contributed by atoms with Gasteiger partial charge < -0.3 is 9.84 Å². The predicted molar refractivity (Wildman–Crippen MR) is 122 cm³/mol. The quantitative estimate of drug-likeness (QED) is 0.454. The molecule has 2 aromatic rings. The van der Waals surface area contributed by atoms with Gasteiger partial charge in [-0.05, 0) is 85.4 Å². The molecule has 3 unspecified atom stereocenters. The summed E-state index contributed by atoms with van der Waals surface area (Å²) >= 11 is 6.38. The Kier molecular flexibility index (Phi) is 7.08. The molecule has 1 aliphatic carbocycles. The minimum absolute atomic E-state index is 0.214. The zero-order chi connectivity index (χ0) is 21.0. The predicted octanol–water partition coefficient (Wildman–Crippen LogP) is 6.89. The third-order valence-electron chi connectivity index (χ3n) is 6.36. The van der Waals surface area contributed by atoms with E-state index in [1.807, 2.05) is 24.3 Å². The normalized spacial score (nSPS) is 18.4. The molecule has 0 bridgehead atoms. The van der Waals surface area contributed by atoms with Crippen LogP contribution in [0.2, 0.25) is 5.02 Å². The molecule has 1 saturated carbocycles. The first-order valence-electron chi connectivity index (χ1n) is 10.7. The third kappa shape index (κ3) is 4.87. The number of benzene rings is 2. The number of ether oxygens (including phenoxy) is 1. The fraction of sp³-hybridized carbons (Fsp3) is 0.462. The first-order valence-corrected chi connectivity index (χ1v) is 11.1. The van der Waals surface area contributed by atoms with Crippen molar-refractivity contribution in [3.8, 4) is 5.75 Å². The monoisotopic (exact) mass is 412 g/mol. The molecular formula is C26H33ClO2. The maximum atomic E-state index is 11.6. The van der Waals surface area contributed by atoms with Gasteiger partial charge in [0.05, 0.1) is 12.7 Å². The van der Waals surface area contributed by atoms with Gasteiger partial charge in [-0.1, -0.05) is 55.8 Å². The molecule has 0 amide bonds. The lowest BCUT2D eigenvalue weighted by molar-refractivity contribution is 0.00773. The number of aliphatic hydroxyl groups is 1. The summed E-state index contributed by atoms with van der Waals surface area (Å²) in [6.07, 6.45) is 8.23. The van der Waals surface area contributed by atoms with Gasteiger partial charge in [0.1, 0.15) is 5.75 Å². The fourth-order valence-electron chi connectivity index (χ4n) is 4.52. The van der Waals surface area contributed by atoms with Gasteiger partial charge in [-0.3, -0.25) is 0 Å². The highest BCUT2D eigenvalue weighted by Gasteiger charge is 2.45. The lowest BCUT2D eigenvalue weighted by Gasteiger charge is -2.33. The molecule has 156 valence electrons. The van der Waals surface area contributed by atoms with Crippen molar-refractivity contribution < 1.29 is 9.84 Å². The van der Waals surface area contributed by atoms with Gasteiger partial charge in [0.15, 0.2) is 0 Å². The van der Waals surface area contributed by atoms with E-state index >= 15 is 0 Å². The first-order chi connectivity index (χ1) is 13.9. The van der Waals surface area contributed by atoms with Gasteiger partial charge in [0, 0.05) is 10.9 Å². The van der Waals surface area contributed by atoms with Crippen LogP contribution in [0.15, 0.2) is 54.6 Å². The summed E-state index contributed by atoms with van der Waals surface area (Å²) in [4.78, 5) is 0. The maximum absolute atomic E-state index is 11.6. The Bertz CT molecular complexity index is 838. The van der Waals surface area contributed by atoms with Crippen LogP contribution in [0, 0.1) is 11.8 Å². The van der Waals surface area contributed by atoms with E-state index in [1.54, 1.807) is 7.11 Å². The maximum Gasteiger partial charge on any atom is 0.118 e. The summed E-state index contributed by atoms with van der Waals surface area (Å²) in [5.74, 6) is 1.81. The number of rotatable bonds is 9. The molecule has 0 heterocycles. The van der Waals surface area contributed by atoms with Gasteiger partial charge in [0.25, 0.3) is 0 Å². The Morgan fingerprint density at radius 1 is 1.21 bits per heavy atom. The molecule has 1 fully saturated rings. The van der Waals surface area contributed by atoms with E-state index in [0.29, 0.717) is 23.3 Å². The Labute approximate surface area is 180 Å². The SMILES string of the molecule is CC=CC(c1ccc(Cl)cc1C(O)(CC)C1CC1)C(C)Cc1ccc(OC)cc1. The van der Waals surface area contributed by atoms with Crippen molar-refractivity contribution in [3.05, 3.63) is 76.3 Å². The molecule has 0 saturated heterocycles. The van der Waals surface area contributed by atoms with Crippen molar-refractivity contribution in [2.45, 2.75) is 58.0 Å². The summed E-state index contributed by atoms with van der Waals surface area (Å²) in [6.45, 7) is 6.43. The largest absolute Gasteiger partial charge is 0.497 e. The van der Waals surface area contributed by atoms with Gasteiger partial charge >= 0.3 is 0 Å². The minimum Gasteiger partial charge on any atom is -0.497 e. The van der Waals surface area contributed by atoms with E-state index in [1.165, 1.54) is 11.1 Å². The van der Waals surface area contributed by atoms with E-state index in [0.717, 1.165) is 30.6 Å². The highest BCUT2D eigenvalue weighted by Crippen LogP contribution is 2.50. The van der Waals surface area contributed by atoms with E-state index in [4.69, 9.17) is 16.3 Å². The number of allylic oxidation sites excluding steroid dienone is 2. The Balaban J connectivity index is 1.96. The molecule has 3 rings (SSSR count). The van der Waals surface area contributed by atoms with Crippen molar-refractivity contribution in [1.29, 1.82) is 0 Å². The fourth-order valence-corrected chi connectivity index (χ4v) is 4.69. The van der Waals surface area contributed by atoms with Crippen molar-refractivity contribution in [2.75, 3.05) is 7.11 Å².